The van der Waals surface area contributed by atoms with Gasteiger partial charge in [-0.15, -0.1) is 11.3 Å². The van der Waals surface area contributed by atoms with Gasteiger partial charge in [-0.25, -0.2) is 4.98 Å². The van der Waals surface area contributed by atoms with Crippen LogP contribution in [-0.4, -0.2) is 46.7 Å². The summed E-state index contributed by atoms with van der Waals surface area (Å²) in [6.07, 6.45) is 5.58. The number of fused-ring (bicyclic) bond motifs is 1. The van der Waals surface area contributed by atoms with Crippen LogP contribution in [0.25, 0.3) is 0 Å². The van der Waals surface area contributed by atoms with Gasteiger partial charge in [-0.05, 0) is 32.7 Å². The van der Waals surface area contributed by atoms with Crippen LogP contribution in [0.2, 0.25) is 0 Å². The lowest BCUT2D eigenvalue weighted by molar-refractivity contribution is -0.138. The molecule has 0 spiro atoms. The molecule has 1 saturated heterocycles. The van der Waals surface area contributed by atoms with E-state index in [1.807, 2.05) is 18.4 Å². The maximum Gasteiger partial charge on any atom is 0.229 e. The number of nitrogens with zero attached hydrogens (tertiary/aromatic N) is 3. The predicted molar refractivity (Wildman–Crippen MR) is 81.0 cm³/mol. The summed E-state index contributed by atoms with van der Waals surface area (Å²) in [6.45, 7) is 2.01. The van der Waals surface area contributed by atoms with Crippen molar-refractivity contribution in [3.8, 4) is 0 Å². The lowest BCUT2D eigenvalue weighted by atomic mass is 10.0. The molecule has 0 unspecified atom stereocenters. The molecule has 114 valence electrons. The smallest absolute Gasteiger partial charge is 0.229 e. The number of carbonyl (C=O) groups excluding carboxylic acids is 2. The maximum absolute atomic E-state index is 11.6. The molecule has 21 heavy (non-hydrogen) atoms. The predicted octanol–water partition coefficient (Wildman–Crippen LogP) is 1.60. The summed E-state index contributed by atoms with van der Waals surface area (Å²) >= 11 is 1.82. The largest absolute Gasteiger partial charge is 0.298 e. The fourth-order valence-electron chi connectivity index (χ4n) is 2.93. The van der Waals surface area contributed by atoms with Crippen molar-refractivity contribution in [3.63, 3.8) is 0 Å². The molecular weight excluding hydrogens is 286 g/mol. The van der Waals surface area contributed by atoms with Gasteiger partial charge in [0.1, 0.15) is 5.01 Å². The molecule has 1 aliphatic carbocycles. The van der Waals surface area contributed by atoms with Gasteiger partial charge >= 0.3 is 0 Å². The molecule has 0 N–H and O–H groups in total. The molecule has 1 aromatic rings. The van der Waals surface area contributed by atoms with Crippen molar-refractivity contribution < 1.29 is 9.59 Å². The summed E-state index contributed by atoms with van der Waals surface area (Å²) < 4.78 is 0. The molecule has 3 rings (SSSR count). The van der Waals surface area contributed by atoms with Crippen LogP contribution in [-0.2, 0) is 29.0 Å². The molecule has 1 aromatic heterocycles. The summed E-state index contributed by atoms with van der Waals surface area (Å²) in [5.74, 6) is -0.0591. The van der Waals surface area contributed by atoms with Crippen LogP contribution in [0.3, 0.4) is 0 Å². The highest BCUT2D eigenvalue weighted by atomic mass is 32.1. The zero-order valence-corrected chi connectivity index (χ0v) is 13.2. The highest BCUT2D eigenvalue weighted by molar-refractivity contribution is 7.11. The number of aryl methyl sites for hydroxylation is 2. The van der Waals surface area contributed by atoms with E-state index in [2.05, 4.69) is 4.90 Å². The summed E-state index contributed by atoms with van der Waals surface area (Å²) in [6, 6.07) is 0. The Hall–Kier alpha value is -1.27. The Labute approximate surface area is 129 Å². The van der Waals surface area contributed by atoms with Crippen molar-refractivity contribution in [3.05, 3.63) is 15.6 Å². The van der Waals surface area contributed by atoms with Gasteiger partial charge in [-0.2, -0.15) is 0 Å². The average Bonchev–Trinajstić information content (AvgIpc) is 3.00. The van der Waals surface area contributed by atoms with Crippen molar-refractivity contribution >= 4 is 23.2 Å². The summed E-state index contributed by atoms with van der Waals surface area (Å²) in [5, 5.41) is 1.16. The zero-order chi connectivity index (χ0) is 14.8. The molecule has 1 fully saturated rings. The Balaban J connectivity index is 1.52. The molecule has 0 radical (unpaired) electrons. The molecule has 6 heteroatoms. The van der Waals surface area contributed by atoms with Crippen molar-refractivity contribution in [1.29, 1.82) is 0 Å². The topological polar surface area (TPSA) is 53.5 Å². The molecule has 0 atom stereocenters. The van der Waals surface area contributed by atoms with Gasteiger partial charge in [0.15, 0.2) is 0 Å². The van der Waals surface area contributed by atoms with Gasteiger partial charge < -0.3 is 0 Å². The summed E-state index contributed by atoms with van der Waals surface area (Å²) in [4.78, 5) is 32.8. The summed E-state index contributed by atoms with van der Waals surface area (Å²) in [7, 11) is 2.02. The standard InChI is InChI=1S/C15H21N3O2S/c1-17(8-9-18-14(19)6-7-15(18)20)10-13-16-11-4-2-3-5-12(11)21-13/h2-10H2,1H3. The number of likely N-dealkylation sites (tertiary alicyclic amines) is 1. The second-order valence-electron chi connectivity index (χ2n) is 5.86. The molecule has 0 bridgehead atoms. The fraction of sp³-hybridized carbons (Fsp3) is 0.667. The Kier molecular flexibility index (Phi) is 4.35. The van der Waals surface area contributed by atoms with Gasteiger partial charge in [-0.3, -0.25) is 19.4 Å². The monoisotopic (exact) mass is 307 g/mol. The molecule has 1 aliphatic heterocycles. The quantitative estimate of drug-likeness (QED) is 0.776. The number of amides is 2. The SMILES string of the molecule is CN(CCN1C(=O)CCC1=O)Cc1nc2c(s1)CCCC2. The first kappa shape index (κ1) is 14.7. The van der Waals surface area contributed by atoms with Crippen LogP contribution in [0, 0.1) is 0 Å². The number of carbonyl (C=O) groups is 2. The van der Waals surface area contributed by atoms with Gasteiger partial charge in [0.2, 0.25) is 11.8 Å². The third-order valence-corrected chi connectivity index (χ3v) is 5.30. The van der Waals surface area contributed by atoms with Gasteiger partial charge in [0.25, 0.3) is 0 Å². The van der Waals surface area contributed by atoms with Crippen LogP contribution >= 0.6 is 11.3 Å². The molecule has 2 heterocycles. The number of imide groups is 1. The van der Waals surface area contributed by atoms with Crippen LogP contribution in [0.4, 0.5) is 0 Å². The summed E-state index contributed by atoms with van der Waals surface area (Å²) in [5.41, 5.74) is 1.29. The fourth-order valence-corrected chi connectivity index (χ4v) is 4.16. The zero-order valence-electron chi connectivity index (χ0n) is 12.4. The minimum absolute atomic E-state index is 0.0295. The van der Waals surface area contributed by atoms with Crippen LogP contribution in [0.5, 0.6) is 0 Å². The van der Waals surface area contributed by atoms with Crippen LogP contribution in [0.15, 0.2) is 0 Å². The highest BCUT2D eigenvalue weighted by Gasteiger charge is 2.28. The van der Waals surface area contributed by atoms with E-state index in [4.69, 9.17) is 4.98 Å². The number of thiazole rings is 1. The normalized spacial score (nSPS) is 18.7. The lowest BCUT2D eigenvalue weighted by Crippen LogP contribution is -2.36. The van der Waals surface area contributed by atoms with Crippen molar-refractivity contribution in [2.75, 3.05) is 20.1 Å². The number of rotatable bonds is 5. The first-order chi connectivity index (χ1) is 10.1. The van der Waals surface area contributed by atoms with E-state index in [0.29, 0.717) is 25.9 Å². The molecule has 0 aromatic carbocycles. The Morgan fingerprint density at radius 3 is 2.57 bits per heavy atom. The van der Waals surface area contributed by atoms with Gasteiger partial charge in [0, 0.05) is 30.8 Å². The maximum atomic E-state index is 11.6. The van der Waals surface area contributed by atoms with Crippen LogP contribution in [0.1, 0.15) is 41.3 Å². The number of hydrogen-bond donors (Lipinski definition) is 0. The third kappa shape index (κ3) is 3.32. The van der Waals surface area contributed by atoms with E-state index in [9.17, 15) is 9.59 Å². The minimum atomic E-state index is -0.0295. The van der Waals surface area contributed by atoms with E-state index in [1.165, 1.54) is 34.7 Å². The molecule has 5 nitrogen and oxygen atoms in total. The Bertz CT molecular complexity index is 516. The van der Waals surface area contributed by atoms with E-state index < -0.39 is 0 Å². The Morgan fingerprint density at radius 2 is 1.86 bits per heavy atom. The second kappa shape index (κ2) is 6.23. The second-order valence-corrected chi connectivity index (χ2v) is 7.03. The average molecular weight is 307 g/mol. The highest BCUT2D eigenvalue weighted by Crippen LogP contribution is 2.27. The first-order valence-corrected chi connectivity index (χ1v) is 8.44. The minimum Gasteiger partial charge on any atom is -0.298 e. The van der Waals surface area contributed by atoms with Gasteiger partial charge in [0.05, 0.1) is 12.2 Å². The van der Waals surface area contributed by atoms with E-state index in [-0.39, 0.29) is 11.8 Å². The van der Waals surface area contributed by atoms with Crippen LogP contribution < -0.4 is 0 Å². The van der Waals surface area contributed by atoms with E-state index in [0.717, 1.165) is 18.0 Å². The molecule has 0 saturated carbocycles. The van der Waals surface area contributed by atoms with E-state index >= 15 is 0 Å². The van der Waals surface area contributed by atoms with Crippen molar-refractivity contribution in [2.24, 2.45) is 0 Å². The number of aromatic nitrogens is 1. The number of hydrogen-bond acceptors (Lipinski definition) is 5. The molecule has 2 aliphatic rings. The first-order valence-electron chi connectivity index (χ1n) is 7.62. The van der Waals surface area contributed by atoms with E-state index in [1.54, 1.807) is 0 Å². The third-order valence-electron chi connectivity index (χ3n) is 4.16. The molecule has 2 amide bonds. The van der Waals surface area contributed by atoms with Crippen molar-refractivity contribution in [1.82, 2.24) is 14.8 Å². The van der Waals surface area contributed by atoms with Crippen molar-refractivity contribution in [2.45, 2.75) is 45.1 Å². The lowest BCUT2D eigenvalue weighted by Gasteiger charge is -2.19. The Morgan fingerprint density at radius 1 is 1.14 bits per heavy atom. The van der Waals surface area contributed by atoms with Gasteiger partial charge in [-0.1, -0.05) is 0 Å². The molecular formula is C15H21N3O2S. The number of likely N-dealkylation sites (N-methyl/N-ethyl adjacent to an activating group) is 1.